The Kier molecular flexibility index (Phi) is 5.59. The van der Waals surface area contributed by atoms with Crippen molar-refractivity contribution >= 4 is 11.8 Å². The number of benzene rings is 3. The zero-order chi connectivity index (χ0) is 20.1. The molecule has 6 heteroatoms. The second kappa shape index (κ2) is 8.63. The molecule has 0 atom stereocenters. The van der Waals surface area contributed by atoms with Crippen molar-refractivity contribution in [3.63, 3.8) is 0 Å². The molecule has 29 heavy (non-hydrogen) atoms. The highest BCUT2D eigenvalue weighted by Gasteiger charge is 2.10. The molecule has 4 aromatic rings. The molecule has 0 bridgehead atoms. The Bertz CT molecular complexity index is 1150. The van der Waals surface area contributed by atoms with Gasteiger partial charge in [-0.15, -0.1) is 10.2 Å². The maximum absolute atomic E-state index is 9.27. The lowest BCUT2D eigenvalue weighted by atomic mass is 10.00. The molecule has 0 N–H and O–H groups in total. The highest BCUT2D eigenvalue weighted by molar-refractivity contribution is 7.98. The SMILES string of the molecule is COc1ccc(-c2nnc(SCc3ccc(-c4ccccc4C#N)cc3)o2)cc1. The third-order valence-corrected chi connectivity index (χ3v) is 5.31. The first kappa shape index (κ1) is 18.8. The number of hydrogen-bond donors (Lipinski definition) is 0. The molecular formula is C23H17N3O2S. The maximum Gasteiger partial charge on any atom is 0.277 e. The number of aromatic nitrogens is 2. The molecule has 4 rings (SSSR count). The smallest absolute Gasteiger partial charge is 0.277 e. The Morgan fingerprint density at radius 3 is 2.38 bits per heavy atom. The first-order chi connectivity index (χ1) is 14.3. The normalized spacial score (nSPS) is 10.5. The lowest BCUT2D eigenvalue weighted by molar-refractivity contribution is 0.414. The van der Waals surface area contributed by atoms with Crippen LogP contribution in [0.4, 0.5) is 0 Å². The monoisotopic (exact) mass is 399 g/mol. The molecule has 0 spiro atoms. The Labute approximate surface area is 173 Å². The maximum atomic E-state index is 9.27. The molecule has 0 radical (unpaired) electrons. The second-order valence-electron chi connectivity index (χ2n) is 6.24. The van der Waals surface area contributed by atoms with E-state index in [1.165, 1.54) is 11.8 Å². The van der Waals surface area contributed by atoms with Gasteiger partial charge in [-0.25, -0.2) is 0 Å². The summed E-state index contributed by atoms with van der Waals surface area (Å²) < 4.78 is 10.9. The molecule has 0 unspecified atom stereocenters. The largest absolute Gasteiger partial charge is 0.497 e. The minimum atomic E-state index is 0.485. The van der Waals surface area contributed by atoms with Gasteiger partial charge < -0.3 is 9.15 Å². The van der Waals surface area contributed by atoms with Crippen molar-refractivity contribution in [3.05, 3.63) is 83.9 Å². The molecule has 3 aromatic carbocycles. The number of ether oxygens (including phenoxy) is 1. The van der Waals surface area contributed by atoms with Gasteiger partial charge in [-0.3, -0.25) is 0 Å². The zero-order valence-corrected chi connectivity index (χ0v) is 16.5. The van der Waals surface area contributed by atoms with Crippen LogP contribution in [0.25, 0.3) is 22.6 Å². The third-order valence-electron chi connectivity index (χ3n) is 4.42. The molecular weight excluding hydrogens is 382 g/mol. The molecule has 0 aliphatic heterocycles. The van der Waals surface area contributed by atoms with Crippen LogP contribution in [0.5, 0.6) is 5.75 Å². The van der Waals surface area contributed by atoms with Gasteiger partial charge in [0.05, 0.1) is 18.7 Å². The van der Waals surface area contributed by atoms with E-state index in [1.54, 1.807) is 7.11 Å². The van der Waals surface area contributed by atoms with Gasteiger partial charge in [-0.2, -0.15) is 5.26 Å². The minimum absolute atomic E-state index is 0.485. The van der Waals surface area contributed by atoms with Crippen LogP contribution in [0.2, 0.25) is 0 Å². The lowest BCUT2D eigenvalue weighted by Gasteiger charge is -2.05. The number of nitriles is 1. The summed E-state index contributed by atoms with van der Waals surface area (Å²) in [5.41, 5.74) is 4.63. The highest BCUT2D eigenvalue weighted by atomic mass is 32.2. The number of hydrogen-bond acceptors (Lipinski definition) is 6. The summed E-state index contributed by atoms with van der Waals surface area (Å²) in [6, 6.07) is 25.5. The third kappa shape index (κ3) is 4.31. The van der Waals surface area contributed by atoms with Gasteiger partial charge >= 0.3 is 0 Å². The van der Waals surface area contributed by atoms with Crippen LogP contribution >= 0.6 is 11.8 Å². The summed E-state index contributed by atoms with van der Waals surface area (Å²) in [5.74, 6) is 1.98. The van der Waals surface area contributed by atoms with Crippen LogP contribution in [-0.2, 0) is 5.75 Å². The average Bonchev–Trinajstić information content (AvgIpc) is 3.27. The van der Waals surface area contributed by atoms with Gasteiger partial charge in [0.15, 0.2) is 0 Å². The lowest BCUT2D eigenvalue weighted by Crippen LogP contribution is -1.85. The van der Waals surface area contributed by atoms with Crippen LogP contribution < -0.4 is 4.74 Å². The zero-order valence-electron chi connectivity index (χ0n) is 15.7. The van der Waals surface area contributed by atoms with Crippen molar-refractivity contribution in [2.45, 2.75) is 11.0 Å². The number of nitrogens with zero attached hydrogens (tertiary/aromatic N) is 3. The fourth-order valence-electron chi connectivity index (χ4n) is 2.88. The highest BCUT2D eigenvalue weighted by Crippen LogP contribution is 2.28. The molecule has 142 valence electrons. The Hall–Kier alpha value is -3.56. The molecule has 5 nitrogen and oxygen atoms in total. The fourth-order valence-corrected chi connectivity index (χ4v) is 3.60. The summed E-state index contributed by atoms with van der Waals surface area (Å²) in [4.78, 5) is 0. The van der Waals surface area contributed by atoms with E-state index in [0.29, 0.717) is 22.4 Å². The van der Waals surface area contributed by atoms with E-state index in [-0.39, 0.29) is 0 Å². The van der Waals surface area contributed by atoms with Crippen molar-refractivity contribution in [2.75, 3.05) is 7.11 Å². The van der Waals surface area contributed by atoms with Crippen LogP contribution in [0, 0.1) is 11.3 Å². The molecule has 0 fully saturated rings. The quantitative estimate of drug-likeness (QED) is 0.394. The summed E-state index contributed by atoms with van der Waals surface area (Å²) in [7, 11) is 1.63. The molecule has 0 aliphatic carbocycles. The Morgan fingerprint density at radius 2 is 1.66 bits per heavy atom. The van der Waals surface area contributed by atoms with Crippen molar-refractivity contribution in [1.29, 1.82) is 5.26 Å². The van der Waals surface area contributed by atoms with Gasteiger partial charge in [0.25, 0.3) is 5.22 Å². The van der Waals surface area contributed by atoms with Gasteiger partial charge in [0.2, 0.25) is 5.89 Å². The first-order valence-electron chi connectivity index (χ1n) is 8.96. The molecule has 0 saturated carbocycles. The van der Waals surface area contributed by atoms with Crippen molar-refractivity contribution in [2.24, 2.45) is 0 Å². The molecule has 0 amide bonds. The van der Waals surface area contributed by atoms with E-state index in [0.717, 1.165) is 28.0 Å². The number of methoxy groups -OCH3 is 1. The fraction of sp³-hybridized carbons (Fsp3) is 0.0870. The van der Waals surface area contributed by atoms with E-state index in [1.807, 2.05) is 60.7 Å². The van der Waals surface area contributed by atoms with Crippen LogP contribution in [0.15, 0.2) is 82.4 Å². The summed E-state index contributed by atoms with van der Waals surface area (Å²) in [6.07, 6.45) is 0. The number of thioether (sulfide) groups is 1. The van der Waals surface area contributed by atoms with E-state index >= 15 is 0 Å². The Balaban J connectivity index is 1.42. The second-order valence-corrected chi connectivity index (χ2v) is 7.17. The van der Waals surface area contributed by atoms with Gasteiger partial charge in [0, 0.05) is 11.3 Å². The summed E-state index contributed by atoms with van der Waals surface area (Å²) in [6.45, 7) is 0. The van der Waals surface area contributed by atoms with Crippen LogP contribution in [-0.4, -0.2) is 17.3 Å². The van der Waals surface area contributed by atoms with Crippen LogP contribution in [0.3, 0.4) is 0 Å². The van der Waals surface area contributed by atoms with Crippen molar-refractivity contribution < 1.29 is 9.15 Å². The topological polar surface area (TPSA) is 71.9 Å². The van der Waals surface area contributed by atoms with Gasteiger partial charge in [-0.1, -0.05) is 54.2 Å². The van der Waals surface area contributed by atoms with E-state index in [4.69, 9.17) is 9.15 Å². The summed E-state index contributed by atoms with van der Waals surface area (Å²) in [5, 5.41) is 18.0. The van der Waals surface area contributed by atoms with Crippen molar-refractivity contribution in [1.82, 2.24) is 10.2 Å². The molecule has 0 saturated heterocycles. The molecule has 1 aromatic heterocycles. The number of rotatable bonds is 6. The standard InChI is InChI=1S/C23H17N3O2S/c1-27-20-12-10-18(11-13-20)22-25-26-23(28-22)29-15-16-6-8-17(9-7-16)21-5-3-2-4-19(21)14-24/h2-13H,15H2,1H3. The summed E-state index contributed by atoms with van der Waals surface area (Å²) >= 11 is 1.49. The van der Waals surface area contributed by atoms with E-state index in [9.17, 15) is 5.26 Å². The van der Waals surface area contributed by atoms with Gasteiger partial charge in [-0.05, 0) is 47.0 Å². The van der Waals surface area contributed by atoms with E-state index < -0.39 is 0 Å². The Morgan fingerprint density at radius 1 is 0.931 bits per heavy atom. The predicted molar refractivity (Wildman–Crippen MR) is 112 cm³/mol. The van der Waals surface area contributed by atoms with E-state index in [2.05, 4.69) is 28.4 Å². The van der Waals surface area contributed by atoms with Gasteiger partial charge in [0.1, 0.15) is 5.75 Å². The minimum Gasteiger partial charge on any atom is -0.497 e. The first-order valence-corrected chi connectivity index (χ1v) is 9.94. The van der Waals surface area contributed by atoms with Crippen molar-refractivity contribution in [3.8, 4) is 34.4 Å². The van der Waals surface area contributed by atoms with Crippen LogP contribution in [0.1, 0.15) is 11.1 Å². The average molecular weight is 399 g/mol. The molecule has 0 aliphatic rings. The predicted octanol–water partition coefficient (Wildman–Crippen LogP) is 5.58. The molecule has 1 heterocycles.